The first-order chi connectivity index (χ1) is 8.08. The first kappa shape index (κ1) is 12.4. The number of fused-ring (bicyclic) bond motifs is 2. The first-order valence-electron chi connectivity index (χ1n) is 6.59. The molecule has 1 unspecified atom stereocenters. The third-order valence-electron chi connectivity index (χ3n) is 4.06. The molecule has 0 aromatic carbocycles. The number of rotatable bonds is 1. The highest BCUT2D eigenvalue weighted by molar-refractivity contribution is 5.74. The van der Waals surface area contributed by atoms with Crippen LogP contribution >= 0.6 is 0 Å². The van der Waals surface area contributed by atoms with Gasteiger partial charge in [-0.2, -0.15) is 0 Å². The van der Waals surface area contributed by atoms with Crippen LogP contribution in [0.4, 0.5) is 0 Å². The van der Waals surface area contributed by atoms with Crippen LogP contribution in [0.2, 0.25) is 0 Å². The summed E-state index contributed by atoms with van der Waals surface area (Å²) in [4.78, 5) is 11.8. The molecule has 2 rings (SSSR count). The molecule has 2 heteroatoms. The molecular weight excluding hydrogens is 212 g/mol. The number of carbonyl (C=O) groups excluding carboxylic acids is 1. The smallest absolute Gasteiger partial charge is 0.309 e. The van der Waals surface area contributed by atoms with E-state index in [0.29, 0.717) is 5.92 Å². The molecule has 1 aliphatic carbocycles. The molecule has 94 valence electrons. The number of hydrogen-bond acceptors (Lipinski definition) is 2. The van der Waals surface area contributed by atoms with E-state index in [-0.39, 0.29) is 18.0 Å². The lowest BCUT2D eigenvalue weighted by Crippen LogP contribution is -2.21. The van der Waals surface area contributed by atoms with Gasteiger partial charge < -0.3 is 4.74 Å². The average molecular weight is 234 g/mol. The molecule has 2 nitrogen and oxygen atoms in total. The zero-order chi connectivity index (χ0) is 12.4. The maximum Gasteiger partial charge on any atom is 0.309 e. The highest BCUT2D eigenvalue weighted by Gasteiger charge is 2.38. The second kappa shape index (κ2) is 5.07. The number of carbonyl (C=O) groups is 1. The molecule has 2 bridgehead atoms. The average Bonchev–Trinajstić information content (AvgIpc) is 2.59. The van der Waals surface area contributed by atoms with Crippen LogP contribution in [0.1, 0.15) is 46.0 Å². The van der Waals surface area contributed by atoms with Crippen molar-refractivity contribution in [3.05, 3.63) is 23.8 Å². The molecule has 1 heterocycles. The monoisotopic (exact) mass is 234 g/mol. The third kappa shape index (κ3) is 2.80. The van der Waals surface area contributed by atoms with Gasteiger partial charge in [0.15, 0.2) is 0 Å². The zero-order valence-electron chi connectivity index (χ0n) is 10.9. The van der Waals surface area contributed by atoms with Crippen molar-refractivity contribution in [1.29, 1.82) is 0 Å². The number of allylic oxidation sites excluding steroid dienone is 2. The maximum atomic E-state index is 11.8. The topological polar surface area (TPSA) is 26.3 Å². The van der Waals surface area contributed by atoms with E-state index >= 15 is 0 Å². The van der Waals surface area contributed by atoms with Crippen LogP contribution in [-0.4, -0.2) is 12.1 Å². The van der Waals surface area contributed by atoms with E-state index in [1.54, 1.807) is 0 Å². The Morgan fingerprint density at radius 3 is 2.94 bits per heavy atom. The van der Waals surface area contributed by atoms with Crippen LogP contribution in [0.3, 0.4) is 0 Å². The molecule has 1 aliphatic heterocycles. The highest BCUT2D eigenvalue weighted by atomic mass is 16.6. The minimum absolute atomic E-state index is 0.00852. The van der Waals surface area contributed by atoms with Gasteiger partial charge in [-0.25, -0.2) is 0 Å². The summed E-state index contributed by atoms with van der Waals surface area (Å²) >= 11 is 0. The van der Waals surface area contributed by atoms with Gasteiger partial charge in [-0.3, -0.25) is 4.79 Å². The summed E-state index contributed by atoms with van der Waals surface area (Å²) in [5.41, 5.74) is 2.59. The van der Waals surface area contributed by atoms with Gasteiger partial charge in [-0.1, -0.05) is 23.8 Å². The van der Waals surface area contributed by atoms with Gasteiger partial charge in [-0.15, -0.1) is 0 Å². The molecule has 0 spiro atoms. The molecule has 0 N–H and O–H groups in total. The Labute approximate surface area is 104 Å². The van der Waals surface area contributed by atoms with Crippen molar-refractivity contribution in [1.82, 2.24) is 0 Å². The summed E-state index contributed by atoms with van der Waals surface area (Å²) in [6.07, 6.45) is 7.35. The van der Waals surface area contributed by atoms with E-state index in [0.717, 1.165) is 37.7 Å². The molecule has 0 amide bonds. The van der Waals surface area contributed by atoms with Crippen molar-refractivity contribution in [3.8, 4) is 0 Å². The second-order valence-corrected chi connectivity index (χ2v) is 5.53. The molecule has 0 radical (unpaired) electrons. The Balaban J connectivity index is 2.18. The standard InChI is InChI=1S/C15H22O2/c1-10(2)13-8-7-11(3)5-4-6-12-9-14(13)17-15(12)16/h5,12-14H,1,4,6-9H2,2-3H3/b11-5+/t12?,13-,14-/m1/s1. The van der Waals surface area contributed by atoms with E-state index in [1.807, 2.05) is 0 Å². The molecule has 1 saturated heterocycles. The summed E-state index contributed by atoms with van der Waals surface area (Å²) in [5.74, 6) is 0.462. The van der Waals surface area contributed by atoms with Crippen molar-refractivity contribution >= 4 is 5.97 Å². The van der Waals surface area contributed by atoms with Gasteiger partial charge >= 0.3 is 5.97 Å². The number of esters is 1. The van der Waals surface area contributed by atoms with Crippen LogP contribution in [0.25, 0.3) is 0 Å². The fourth-order valence-corrected chi connectivity index (χ4v) is 2.92. The molecule has 3 atom stereocenters. The van der Waals surface area contributed by atoms with Gasteiger partial charge in [0.05, 0.1) is 5.92 Å². The molecule has 2 aliphatic rings. The Hall–Kier alpha value is -1.05. The molecule has 0 aromatic heterocycles. The fourth-order valence-electron chi connectivity index (χ4n) is 2.92. The predicted molar refractivity (Wildman–Crippen MR) is 68.5 cm³/mol. The minimum Gasteiger partial charge on any atom is -0.461 e. The predicted octanol–water partition coefficient (Wildman–Crippen LogP) is 3.63. The van der Waals surface area contributed by atoms with Gasteiger partial charge in [0, 0.05) is 5.92 Å². The lowest BCUT2D eigenvalue weighted by atomic mass is 9.84. The summed E-state index contributed by atoms with van der Waals surface area (Å²) in [6.45, 7) is 8.30. The van der Waals surface area contributed by atoms with Crippen LogP contribution < -0.4 is 0 Å². The van der Waals surface area contributed by atoms with Crippen molar-refractivity contribution in [2.45, 2.75) is 52.1 Å². The lowest BCUT2D eigenvalue weighted by molar-refractivity contribution is -0.145. The highest BCUT2D eigenvalue weighted by Crippen LogP contribution is 2.36. The second-order valence-electron chi connectivity index (χ2n) is 5.53. The van der Waals surface area contributed by atoms with Gasteiger partial charge in [0.2, 0.25) is 0 Å². The maximum absolute atomic E-state index is 11.8. The van der Waals surface area contributed by atoms with Crippen LogP contribution in [0.15, 0.2) is 23.8 Å². The van der Waals surface area contributed by atoms with E-state index in [9.17, 15) is 4.79 Å². The first-order valence-corrected chi connectivity index (χ1v) is 6.59. The van der Waals surface area contributed by atoms with E-state index in [4.69, 9.17) is 4.74 Å². The Morgan fingerprint density at radius 1 is 1.47 bits per heavy atom. The zero-order valence-corrected chi connectivity index (χ0v) is 10.9. The molecule has 17 heavy (non-hydrogen) atoms. The SMILES string of the molecule is C=C(C)[C@H]1CC/C(C)=C/CCC2C[C@H]1OC2=O. The van der Waals surface area contributed by atoms with E-state index in [2.05, 4.69) is 26.5 Å². The Kier molecular flexibility index (Phi) is 3.70. The van der Waals surface area contributed by atoms with Gasteiger partial charge in [0.1, 0.15) is 6.10 Å². The normalized spacial score (nSPS) is 36.9. The quantitative estimate of drug-likeness (QED) is 0.511. The van der Waals surface area contributed by atoms with E-state index in [1.165, 1.54) is 5.57 Å². The van der Waals surface area contributed by atoms with Crippen molar-refractivity contribution < 1.29 is 9.53 Å². The summed E-state index contributed by atoms with van der Waals surface area (Å²) < 4.78 is 5.54. The Morgan fingerprint density at radius 2 is 2.24 bits per heavy atom. The van der Waals surface area contributed by atoms with Crippen LogP contribution in [-0.2, 0) is 9.53 Å². The fraction of sp³-hybridized carbons (Fsp3) is 0.667. The van der Waals surface area contributed by atoms with E-state index < -0.39 is 0 Å². The van der Waals surface area contributed by atoms with Gasteiger partial charge in [0.25, 0.3) is 0 Å². The molecule has 0 aromatic rings. The van der Waals surface area contributed by atoms with Crippen LogP contribution in [0, 0.1) is 11.8 Å². The summed E-state index contributed by atoms with van der Waals surface area (Å²) in [6, 6.07) is 0. The van der Waals surface area contributed by atoms with Crippen molar-refractivity contribution in [2.24, 2.45) is 11.8 Å². The molecule has 0 saturated carbocycles. The van der Waals surface area contributed by atoms with Gasteiger partial charge in [-0.05, 0) is 46.0 Å². The molecule has 1 fully saturated rings. The third-order valence-corrected chi connectivity index (χ3v) is 4.06. The summed E-state index contributed by atoms with van der Waals surface area (Å²) in [5, 5.41) is 0. The summed E-state index contributed by atoms with van der Waals surface area (Å²) in [7, 11) is 0. The molecular formula is C15H22O2. The lowest BCUT2D eigenvalue weighted by Gasteiger charge is -2.23. The Bertz CT molecular complexity index is 354. The number of ether oxygens (including phenoxy) is 1. The van der Waals surface area contributed by atoms with Crippen molar-refractivity contribution in [3.63, 3.8) is 0 Å². The minimum atomic E-state index is 0.00852. The van der Waals surface area contributed by atoms with Crippen molar-refractivity contribution in [2.75, 3.05) is 0 Å². The van der Waals surface area contributed by atoms with Crippen LogP contribution in [0.5, 0.6) is 0 Å². The number of hydrogen-bond donors (Lipinski definition) is 0. The largest absolute Gasteiger partial charge is 0.461 e.